The molecule has 34 heavy (non-hydrogen) atoms. The molecule has 180 valence electrons. The number of anilines is 2. The van der Waals surface area contributed by atoms with Gasteiger partial charge in [-0.3, -0.25) is 9.10 Å². The molecule has 7 nitrogen and oxygen atoms in total. The number of nitrogens with one attached hydrogen (secondary N) is 1. The van der Waals surface area contributed by atoms with E-state index < -0.39 is 10.0 Å². The van der Waals surface area contributed by atoms with Crippen molar-refractivity contribution in [3.8, 4) is 11.5 Å². The monoisotopic (exact) mass is 482 g/mol. The lowest BCUT2D eigenvalue weighted by atomic mass is 10.0. The van der Waals surface area contributed by atoms with E-state index in [0.717, 1.165) is 34.0 Å². The summed E-state index contributed by atoms with van der Waals surface area (Å²) >= 11 is 0. The Morgan fingerprint density at radius 3 is 2.00 bits per heavy atom. The summed E-state index contributed by atoms with van der Waals surface area (Å²) in [6.45, 7) is 4.10. The molecule has 0 unspecified atom stereocenters. The fourth-order valence-corrected chi connectivity index (χ4v) is 4.90. The molecule has 0 saturated heterocycles. The minimum absolute atomic E-state index is 0.0673. The zero-order valence-electron chi connectivity index (χ0n) is 20.1. The third kappa shape index (κ3) is 5.02. The van der Waals surface area contributed by atoms with Crippen LogP contribution in [-0.2, 0) is 22.9 Å². The summed E-state index contributed by atoms with van der Waals surface area (Å²) in [5.74, 6) is 0.519. The predicted octanol–water partition coefficient (Wildman–Crippen LogP) is 4.91. The highest BCUT2D eigenvalue weighted by Gasteiger charge is 2.23. The van der Waals surface area contributed by atoms with Gasteiger partial charge in [0.15, 0.2) is 11.5 Å². The van der Waals surface area contributed by atoms with Gasteiger partial charge in [-0.25, -0.2) is 8.42 Å². The Labute approximate surface area is 201 Å². The Morgan fingerprint density at radius 1 is 0.882 bits per heavy atom. The van der Waals surface area contributed by atoms with Gasteiger partial charge in [0.05, 0.1) is 24.8 Å². The molecule has 0 aliphatic rings. The third-order valence-electron chi connectivity index (χ3n) is 5.74. The van der Waals surface area contributed by atoms with Crippen molar-refractivity contribution in [3.05, 3.63) is 77.4 Å². The number of benzene rings is 3. The SMILES string of the molecule is CCc1cccc(CC)c1NC(=O)c1ccc(N(C)S(=O)(=O)c2ccc(OC)c(OC)c2)cc1. The van der Waals surface area contributed by atoms with Crippen LogP contribution in [0.2, 0.25) is 0 Å². The first-order valence-corrected chi connectivity index (χ1v) is 12.4. The van der Waals surface area contributed by atoms with E-state index in [1.165, 1.54) is 33.4 Å². The van der Waals surface area contributed by atoms with Crippen LogP contribution in [0.15, 0.2) is 65.6 Å². The fourth-order valence-electron chi connectivity index (χ4n) is 3.69. The zero-order chi connectivity index (χ0) is 24.9. The Morgan fingerprint density at radius 2 is 1.47 bits per heavy atom. The fraction of sp³-hybridized carbons (Fsp3) is 0.269. The van der Waals surface area contributed by atoms with Crippen LogP contribution >= 0.6 is 0 Å². The second kappa shape index (κ2) is 10.6. The molecule has 0 heterocycles. The maximum Gasteiger partial charge on any atom is 0.264 e. The van der Waals surface area contributed by atoms with Crippen LogP contribution in [0.5, 0.6) is 11.5 Å². The average molecular weight is 483 g/mol. The number of amides is 1. The average Bonchev–Trinajstić information content (AvgIpc) is 2.87. The number of carbonyl (C=O) groups is 1. The number of methoxy groups -OCH3 is 2. The molecule has 0 radical (unpaired) electrons. The number of nitrogens with zero attached hydrogens (tertiary/aromatic N) is 1. The van der Waals surface area contributed by atoms with Gasteiger partial charge in [0, 0.05) is 24.4 Å². The molecule has 8 heteroatoms. The van der Waals surface area contributed by atoms with Gasteiger partial charge in [-0.2, -0.15) is 0 Å². The number of ether oxygens (including phenoxy) is 2. The second-order valence-electron chi connectivity index (χ2n) is 7.65. The van der Waals surface area contributed by atoms with Crippen molar-refractivity contribution in [3.63, 3.8) is 0 Å². The quantitative estimate of drug-likeness (QED) is 0.469. The van der Waals surface area contributed by atoms with Crippen LogP contribution in [-0.4, -0.2) is 35.6 Å². The highest BCUT2D eigenvalue weighted by molar-refractivity contribution is 7.92. The summed E-state index contributed by atoms with van der Waals surface area (Å²) in [6.07, 6.45) is 1.61. The molecular formula is C26H30N2O5S. The summed E-state index contributed by atoms with van der Waals surface area (Å²) in [5, 5.41) is 3.03. The van der Waals surface area contributed by atoms with Gasteiger partial charge in [-0.15, -0.1) is 0 Å². The van der Waals surface area contributed by atoms with Crippen LogP contribution in [0.4, 0.5) is 11.4 Å². The van der Waals surface area contributed by atoms with E-state index in [1.54, 1.807) is 30.3 Å². The van der Waals surface area contributed by atoms with Crippen molar-refractivity contribution in [1.29, 1.82) is 0 Å². The molecular weight excluding hydrogens is 452 g/mol. The number of hydrogen-bond acceptors (Lipinski definition) is 5. The van der Waals surface area contributed by atoms with E-state index in [2.05, 4.69) is 5.32 Å². The molecule has 0 aliphatic carbocycles. The lowest BCUT2D eigenvalue weighted by Gasteiger charge is -2.20. The third-order valence-corrected chi connectivity index (χ3v) is 7.53. The van der Waals surface area contributed by atoms with Crippen LogP contribution < -0.4 is 19.1 Å². The Kier molecular flexibility index (Phi) is 7.83. The normalized spacial score (nSPS) is 11.1. The van der Waals surface area contributed by atoms with Gasteiger partial charge in [0.1, 0.15) is 0 Å². The van der Waals surface area contributed by atoms with E-state index in [1.807, 2.05) is 32.0 Å². The topological polar surface area (TPSA) is 84.9 Å². The Balaban J connectivity index is 1.83. The molecule has 0 aliphatic heterocycles. The molecule has 0 aromatic heterocycles. The van der Waals surface area contributed by atoms with Crippen molar-refractivity contribution in [1.82, 2.24) is 0 Å². The van der Waals surface area contributed by atoms with Gasteiger partial charge < -0.3 is 14.8 Å². The predicted molar refractivity (Wildman–Crippen MR) is 135 cm³/mol. The number of hydrogen-bond donors (Lipinski definition) is 1. The van der Waals surface area contributed by atoms with E-state index in [-0.39, 0.29) is 10.8 Å². The first-order valence-electron chi connectivity index (χ1n) is 11.0. The zero-order valence-corrected chi connectivity index (χ0v) is 20.9. The van der Waals surface area contributed by atoms with Crippen molar-refractivity contribution in [2.75, 3.05) is 30.9 Å². The summed E-state index contributed by atoms with van der Waals surface area (Å²) in [4.78, 5) is 13.0. The Hall–Kier alpha value is -3.52. The number of rotatable bonds is 9. The maximum absolute atomic E-state index is 13.2. The standard InChI is InChI=1S/C26H30N2O5S/c1-6-18-9-8-10-19(7-2)25(18)27-26(29)20-11-13-21(14-12-20)28(3)34(30,31)22-15-16-23(32-4)24(17-22)33-5/h8-17H,6-7H2,1-5H3,(H,27,29). The summed E-state index contributed by atoms with van der Waals surface area (Å²) in [6, 6.07) is 16.9. The minimum atomic E-state index is -3.85. The Bertz CT molecular complexity index is 1250. The first-order chi connectivity index (χ1) is 16.3. The highest BCUT2D eigenvalue weighted by Crippen LogP contribution is 2.32. The van der Waals surface area contributed by atoms with Gasteiger partial charge in [-0.1, -0.05) is 32.0 Å². The number of aryl methyl sites for hydroxylation is 2. The van der Waals surface area contributed by atoms with Crippen molar-refractivity contribution in [2.45, 2.75) is 31.6 Å². The largest absolute Gasteiger partial charge is 0.493 e. The molecule has 1 N–H and O–H groups in total. The first kappa shape index (κ1) is 25.1. The minimum Gasteiger partial charge on any atom is -0.493 e. The maximum atomic E-state index is 13.2. The van der Waals surface area contributed by atoms with Crippen molar-refractivity contribution < 1.29 is 22.7 Å². The van der Waals surface area contributed by atoms with Gasteiger partial charge in [-0.05, 0) is 60.4 Å². The summed E-state index contributed by atoms with van der Waals surface area (Å²) in [5.41, 5.74) is 3.85. The molecule has 3 rings (SSSR count). The lowest BCUT2D eigenvalue weighted by Crippen LogP contribution is -2.26. The lowest BCUT2D eigenvalue weighted by molar-refractivity contribution is 0.102. The van der Waals surface area contributed by atoms with Gasteiger partial charge in [0.2, 0.25) is 0 Å². The van der Waals surface area contributed by atoms with Crippen molar-refractivity contribution >= 4 is 27.3 Å². The van der Waals surface area contributed by atoms with E-state index in [0.29, 0.717) is 22.7 Å². The molecule has 0 saturated carbocycles. The van der Waals surface area contributed by atoms with Crippen LogP contribution in [0.3, 0.4) is 0 Å². The van der Waals surface area contributed by atoms with E-state index in [4.69, 9.17) is 9.47 Å². The van der Waals surface area contributed by atoms with E-state index in [9.17, 15) is 13.2 Å². The smallest absolute Gasteiger partial charge is 0.264 e. The van der Waals surface area contributed by atoms with Crippen LogP contribution in [0.25, 0.3) is 0 Å². The highest BCUT2D eigenvalue weighted by atomic mass is 32.2. The van der Waals surface area contributed by atoms with Crippen LogP contribution in [0.1, 0.15) is 35.3 Å². The number of sulfonamides is 1. The summed E-state index contributed by atoms with van der Waals surface area (Å²) < 4.78 is 37.9. The molecule has 0 bridgehead atoms. The van der Waals surface area contributed by atoms with Gasteiger partial charge in [0.25, 0.3) is 15.9 Å². The molecule has 3 aromatic carbocycles. The molecule has 1 amide bonds. The molecule has 0 fully saturated rings. The summed E-state index contributed by atoms with van der Waals surface area (Å²) in [7, 11) is 0.547. The molecule has 0 atom stereocenters. The number of carbonyl (C=O) groups excluding carboxylic acids is 1. The molecule has 0 spiro atoms. The van der Waals surface area contributed by atoms with Crippen molar-refractivity contribution in [2.24, 2.45) is 0 Å². The van der Waals surface area contributed by atoms with Crippen LogP contribution in [0, 0.1) is 0 Å². The number of para-hydroxylation sites is 1. The second-order valence-corrected chi connectivity index (χ2v) is 9.62. The van der Waals surface area contributed by atoms with Gasteiger partial charge >= 0.3 is 0 Å². The molecule has 3 aromatic rings. The van der Waals surface area contributed by atoms with E-state index >= 15 is 0 Å².